The number of nitrogens with one attached hydrogen (secondary N) is 1. The van der Waals surface area contributed by atoms with Gasteiger partial charge in [0, 0.05) is 5.69 Å². The Labute approximate surface area is 192 Å². The molecule has 5 nitrogen and oxygen atoms in total. The van der Waals surface area contributed by atoms with Crippen molar-refractivity contribution in [3.8, 4) is 5.75 Å². The Morgan fingerprint density at radius 2 is 1.61 bits per heavy atom. The first-order valence-electron chi connectivity index (χ1n) is 10.7. The van der Waals surface area contributed by atoms with Gasteiger partial charge in [-0.1, -0.05) is 36.4 Å². The second-order valence-electron chi connectivity index (χ2n) is 8.28. The third-order valence-corrected chi connectivity index (χ3v) is 5.34. The van der Waals surface area contributed by atoms with Crippen LogP contribution in [0.4, 0.5) is 15.8 Å². The largest absolute Gasteiger partial charge is 0.491 e. The van der Waals surface area contributed by atoms with Crippen molar-refractivity contribution >= 4 is 28.8 Å². The molecule has 0 bridgehead atoms. The Hall–Kier alpha value is -3.93. The first kappa shape index (κ1) is 22.3. The summed E-state index contributed by atoms with van der Waals surface area (Å²) >= 11 is 0. The highest BCUT2D eigenvalue weighted by Crippen LogP contribution is 2.36. The summed E-state index contributed by atoms with van der Waals surface area (Å²) in [5, 5.41) is 3.16. The van der Waals surface area contributed by atoms with Gasteiger partial charge < -0.3 is 10.1 Å². The smallest absolute Gasteiger partial charge is 0.282 e. The zero-order valence-corrected chi connectivity index (χ0v) is 19.0. The number of ether oxygens (including phenoxy) is 1. The lowest BCUT2D eigenvalue weighted by atomic mass is 10.0. The number of rotatable bonds is 6. The molecule has 1 aliphatic rings. The summed E-state index contributed by atoms with van der Waals surface area (Å²) in [6.07, 6.45) is 0.00262. The highest BCUT2D eigenvalue weighted by molar-refractivity contribution is 6.46. The second kappa shape index (κ2) is 8.90. The van der Waals surface area contributed by atoms with Crippen LogP contribution in [0.5, 0.6) is 5.75 Å². The molecule has 1 aliphatic heterocycles. The summed E-state index contributed by atoms with van der Waals surface area (Å²) < 4.78 is 20.3. The van der Waals surface area contributed by atoms with Crippen molar-refractivity contribution in [2.75, 3.05) is 10.2 Å². The number of halogens is 1. The van der Waals surface area contributed by atoms with Crippen LogP contribution < -0.4 is 15.0 Å². The molecule has 0 atom stereocenters. The average molecular weight is 445 g/mol. The van der Waals surface area contributed by atoms with Gasteiger partial charge in [0.2, 0.25) is 0 Å². The van der Waals surface area contributed by atoms with Crippen molar-refractivity contribution < 1.29 is 18.7 Å². The van der Waals surface area contributed by atoms with E-state index in [4.69, 9.17) is 4.74 Å². The Kier molecular flexibility index (Phi) is 6.01. The minimum Gasteiger partial charge on any atom is -0.491 e. The maximum absolute atomic E-state index is 14.6. The van der Waals surface area contributed by atoms with Crippen molar-refractivity contribution in [2.45, 2.75) is 33.8 Å². The van der Waals surface area contributed by atoms with Gasteiger partial charge in [-0.25, -0.2) is 9.29 Å². The zero-order valence-electron chi connectivity index (χ0n) is 19.0. The number of hydrogen-bond donors (Lipinski definition) is 1. The third-order valence-electron chi connectivity index (χ3n) is 5.34. The Bertz CT molecular complexity index is 1260. The molecule has 168 valence electrons. The molecule has 6 heteroatoms. The molecule has 0 unspecified atom stereocenters. The number of imide groups is 1. The molecule has 0 aromatic heterocycles. The lowest BCUT2D eigenvalue weighted by molar-refractivity contribution is -0.120. The van der Waals surface area contributed by atoms with Gasteiger partial charge in [-0.3, -0.25) is 9.59 Å². The predicted molar refractivity (Wildman–Crippen MR) is 128 cm³/mol. The van der Waals surface area contributed by atoms with Gasteiger partial charge in [0.25, 0.3) is 11.8 Å². The number of carbonyl (C=O) groups is 2. The summed E-state index contributed by atoms with van der Waals surface area (Å²) in [6, 6.07) is 18.5. The second-order valence-corrected chi connectivity index (χ2v) is 8.28. The van der Waals surface area contributed by atoms with E-state index in [1.54, 1.807) is 30.3 Å². The maximum atomic E-state index is 14.6. The van der Waals surface area contributed by atoms with Gasteiger partial charge in [0.15, 0.2) is 0 Å². The number of carbonyl (C=O) groups excluding carboxylic acids is 2. The normalized spacial score (nSPS) is 13.8. The fourth-order valence-corrected chi connectivity index (χ4v) is 3.74. The Morgan fingerprint density at radius 1 is 0.909 bits per heavy atom. The van der Waals surface area contributed by atoms with Gasteiger partial charge in [-0.2, -0.15) is 0 Å². The number of anilines is 2. The number of nitrogens with zero attached hydrogens (tertiary/aromatic N) is 1. The van der Waals surface area contributed by atoms with Crippen molar-refractivity contribution in [2.24, 2.45) is 0 Å². The van der Waals surface area contributed by atoms with Gasteiger partial charge in [-0.15, -0.1) is 0 Å². The molecule has 1 N–H and O–H groups in total. The van der Waals surface area contributed by atoms with Crippen molar-refractivity contribution in [1.29, 1.82) is 0 Å². The molecule has 33 heavy (non-hydrogen) atoms. The fourth-order valence-electron chi connectivity index (χ4n) is 3.74. The van der Waals surface area contributed by atoms with Crippen LogP contribution in [0, 0.1) is 19.7 Å². The van der Waals surface area contributed by atoms with E-state index in [0.29, 0.717) is 17.0 Å². The lowest BCUT2D eigenvalue weighted by Gasteiger charge is -2.16. The first-order valence-corrected chi connectivity index (χ1v) is 10.7. The summed E-state index contributed by atoms with van der Waals surface area (Å²) in [4.78, 5) is 27.8. The number of hydrogen-bond acceptors (Lipinski definition) is 4. The van der Waals surface area contributed by atoms with Gasteiger partial charge in [0.05, 0.1) is 17.4 Å². The molecular formula is C27H25FN2O3. The molecule has 0 saturated heterocycles. The van der Waals surface area contributed by atoms with Crippen LogP contribution in [-0.2, 0) is 9.59 Å². The van der Waals surface area contributed by atoms with Crippen LogP contribution in [0.15, 0.2) is 72.4 Å². The van der Waals surface area contributed by atoms with Crippen molar-refractivity contribution in [3.63, 3.8) is 0 Å². The predicted octanol–water partition coefficient (Wildman–Crippen LogP) is 5.63. The molecule has 0 saturated carbocycles. The van der Waals surface area contributed by atoms with E-state index in [1.807, 2.05) is 45.9 Å². The fraction of sp³-hybridized carbons (Fsp3) is 0.185. The molecule has 0 fully saturated rings. The van der Waals surface area contributed by atoms with E-state index in [-0.39, 0.29) is 23.1 Å². The van der Waals surface area contributed by atoms with Crippen LogP contribution >= 0.6 is 0 Å². The van der Waals surface area contributed by atoms with Crippen LogP contribution in [0.3, 0.4) is 0 Å². The van der Waals surface area contributed by atoms with Crippen molar-refractivity contribution in [1.82, 2.24) is 0 Å². The van der Waals surface area contributed by atoms with Crippen LogP contribution in [0.1, 0.15) is 30.5 Å². The summed E-state index contributed by atoms with van der Waals surface area (Å²) in [7, 11) is 0. The number of para-hydroxylation sites is 1. The van der Waals surface area contributed by atoms with E-state index < -0.39 is 17.6 Å². The third kappa shape index (κ3) is 4.37. The van der Waals surface area contributed by atoms with Gasteiger partial charge >= 0.3 is 0 Å². The molecule has 3 aromatic carbocycles. The quantitative estimate of drug-likeness (QED) is 0.501. The van der Waals surface area contributed by atoms with E-state index in [0.717, 1.165) is 16.0 Å². The summed E-state index contributed by atoms with van der Waals surface area (Å²) in [5.41, 5.74) is 3.37. The number of amides is 2. The van der Waals surface area contributed by atoms with Crippen LogP contribution in [0.25, 0.3) is 5.57 Å². The minimum absolute atomic E-state index is 0.00262. The first-order chi connectivity index (χ1) is 15.8. The standard InChI is InChI=1S/C27H25FN2O3/c1-16(2)33-20-13-11-19(12-14-20)24-25(29-22-15-17(3)9-10-18(22)4)27(32)30(26(24)31)23-8-6-5-7-21(23)28/h5-16,29H,1-4H3. The van der Waals surface area contributed by atoms with Gasteiger partial charge in [0.1, 0.15) is 17.3 Å². The van der Waals surface area contributed by atoms with E-state index in [1.165, 1.54) is 18.2 Å². The van der Waals surface area contributed by atoms with E-state index in [9.17, 15) is 14.0 Å². The molecule has 0 spiro atoms. The molecule has 1 heterocycles. The highest BCUT2D eigenvalue weighted by atomic mass is 19.1. The molecule has 3 aromatic rings. The monoisotopic (exact) mass is 444 g/mol. The average Bonchev–Trinajstić information content (AvgIpc) is 3.01. The Morgan fingerprint density at radius 3 is 2.27 bits per heavy atom. The van der Waals surface area contributed by atoms with E-state index >= 15 is 0 Å². The molecule has 0 radical (unpaired) electrons. The molecular weight excluding hydrogens is 419 g/mol. The minimum atomic E-state index is -0.646. The van der Waals surface area contributed by atoms with Crippen LogP contribution in [0.2, 0.25) is 0 Å². The molecule has 2 amide bonds. The van der Waals surface area contributed by atoms with Gasteiger partial charge in [-0.05, 0) is 74.7 Å². The van der Waals surface area contributed by atoms with E-state index in [2.05, 4.69) is 5.32 Å². The number of benzene rings is 3. The SMILES string of the molecule is Cc1ccc(C)c(NC2=C(c3ccc(OC(C)C)cc3)C(=O)N(c3ccccc3F)C2=O)c1. The highest BCUT2D eigenvalue weighted by Gasteiger charge is 2.41. The lowest BCUT2D eigenvalue weighted by Crippen LogP contribution is -2.33. The van der Waals surface area contributed by atoms with Crippen LogP contribution in [-0.4, -0.2) is 17.9 Å². The topological polar surface area (TPSA) is 58.6 Å². The Balaban J connectivity index is 1.82. The summed E-state index contributed by atoms with van der Waals surface area (Å²) in [5.74, 6) is -1.19. The maximum Gasteiger partial charge on any atom is 0.282 e. The molecule has 0 aliphatic carbocycles. The molecule has 4 rings (SSSR count). The zero-order chi connectivity index (χ0) is 23.7. The summed E-state index contributed by atoms with van der Waals surface area (Å²) in [6.45, 7) is 7.71. The number of aryl methyl sites for hydroxylation is 2. The van der Waals surface area contributed by atoms with Crippen molar-refractivity contribution in [3.05, 3.63) is 94.9 Å².